The number of aromatic amines is 1. The summed E-state index contributed by atoms with van der Waals surface area (Å²) in [7, 11) is 1.07. The van der Waals surface area contributed by atoms with Gasteiger partial charge in [0.05, 0.1) is 11.0 Å². The predicted molar refractivity (Wildman–Crippen MR) is 87.0 cm³/mol. The summed E-state index contributed by atoms with van der Waals surface area (Å²) < 4.78 is 11.4. The second kappa shape index (κ2) is 5.69. The molecule has 0 spiro atoms. The van der Waals surface area contributed by atoms with Crippen LogP contribution in [0, 0.1) is 0 Å². The van der Waals surface area contributed by atoms with Crippen LogP contribution in [-0.4, -0.2) is 27.5 Å². The highest BCUT2D eigenvalue weighted by atomic mass is 32.2. The smallest absolute Gasteiger partial charge is 0.203 e. The molecule has 5 heteroatoms. The number of nitrogens with zero attached hydrogens (tertiary/aromatic N) is 2. The predicted octanol–water partition coefficient (Wildman–Crippen LogP) is 2.94. The van der Waals surface area contributed by atoms with E-state index in [4.69, 9.17) is 0 Å². The van der Waals surface area contributed by atoms with Crippen LogP contribution in [0.5, 0.6) is 0 Å². The molecule has 0 aliphatic heterocycles. The molecule has 1 N–H and O–H groups in total. The Balaban J connectivity index is 1.78. The normalized spacial score (nSPS) is 12.5. The minimum atomic E-state index is -0.929. The fraction of sp³-hybridized carbons (Fsp3) is 0.188. The zero-order valence-corrected chi connectivity index (χ0v) is 12.9. The fourth-order valence-electron chi connectivity index (χ4n) is 2.26. The van der Waals surface area contributed by atoms with Crippen molar-refractivity contribution in [3.05, 3.63) is 54.1 Å². The topological polar surface area (TPSA) is 49.0 Å². The molecule has 0 aliphatic carbocycles. The molecule has 0 aliphatic rings. The Morgan fingerprint density at radius 1 is 1.14 bits per heavy atom. The highest BCUT2D eigenvalue weighted by molar-refractivity contribution is 7.84. The molecule has 1 heterocycles. The first-order valence-electron chi connectivity index (χ1n) is 6.72. The molecule has 1 aromatic heterocycles. The van der Waals surface area contributed by atoms with Crippen molar-refractivity contribution < 1.29 is 4.21 Å². The van der Waals surface area contributed by atoms with Crippen LogP contribution in [0.2, 0.25) is 0 Å². The number of H-pyrrole nitrogens is 1. The number of para-hydroxylation sites is 2. The lowest BCUT2D eigenvalue weighted by Crippen LogP contribution is -2.17. The molecule has 2 aromatic carbocycles. The fourth-order valence-corrected chi connectivity index (χ4v) is 2.77. The van der Waals surface area contributed by atoms with Crippen molar-refractivity contribution in [1.82, 2.24) is 9.97 Å². The van der Waals surface area contributed by atoms with E-state index in [-0.39, 0.29) is 0 Å². The Labute approximate surface area is 126 Å². The molecule has 3 aromatic rings. The number of benzene rings is 2. The Bertz CT molecular complexity index is 747. The zero-order valence-electron chi connectivity index (χ0n) is 12.0. The molecular formula is C16H17N3OS. The van der Waals surface area contributed by atoms with E-state index in [0.717, 1.165) is 34.0 Å². The molecule has 0 bridgehead atoms. The first-order valence-corrected chi connectivity index (χ1v) is 8.27. The van der Waals surface area contributed by atoms with Crippen molar-refractivity contribution >= 4 is 27.8 Å². The lowest BCUT2D eigenvalue weighted by Gasteiger charge is -2.15. The molecule has 0 amide bonds. The van der Waals surface area contributed by atoms with Crippen molar-refractivity contribution in [3.63, 3.8) is 0 Å². The summed E-state index contributed by atoms with van der Waals surface area (Å²) in [5.74, 6) is 0.847. The summed E-state index contributed by atoms with van der Waals surface area (Å²) >= 11 is 0. The van der Waals surface area contributed by atoms with Gasteiger partial charge in [0.2, 0.25) is 5.95 Å². The first kappa shape index (κ1) is 13.8. The molecule has 1 atom stereocenters. The third-order valence-corrected chi connectivity index (χ3v) is 4.35. The number of aromatic nitrogens is 2. The molecule has 1 unspecified atom stereocenters. The number of nitrogens with one attached hydrogen (secondary N) is 1. The second-order valence-corrected chi connectivity index (χ2v) is 6.41. The second-order valence-electron chi connectivity index (χ2n) is 5.03. The molecule has 0 radical (unpaired) electrons. The molecule has 4 nitrogen and oxygen atoms in total. The van der Waals surface area contributed by atoms with E-state index in [1.165, 1.54) is 0 Å². The van der Waals surface area contributed by atoms with Gasteiger partial charge in [-0.2, -0.15) is 0 Å². The van der Waals surface area contributed by atoms with Gasteiger partial charge in [-0.15, -0.1) is 0 Å². The van der Waals surface area contributed by atoms with Gasteiger partial charge < -0.3 is 9.88 Å². The van der Waals surface area contributed by atoms with Gasteiger partial charge in [-0.05, 0) is 29.8 Å². The van der Waals surface area contributed by atoms with Crippen LogP contribution < -0.4 is 4.90 Å². The third-order valence-electron chi connectivity index (χ3n) is 3.41. The molecule has 0 saturated heterocycles. The van der Waals surface area contributed by atoms with E-state index in [2.05, 4.69) is 14.9 Å². The van der Waals surface area contributed by atoms with Crippen LogP contribution in [0.15, 0.2) is 53.4 Å². The number of imidazole rings is 1. The number of hydrogen-bond acceptors (Lipinski definition) is 3. The standard InChI is InChI=1S/C16H17N3OS/c1-19(11-12-7-9-13(10-8-12)21(2)20)16-17-14-5-3-4-6-15(14)18-16/h3-10H,11H2,1-2H3,(H,17,18). The number of fused-ring (bicyclic) bond motifs is 1. The quantitative estimate of drug-likeness (QED) is 0.806. The largest absolute Gasteiger partial charge is 0.341 e. The van der Waals surface area contributed by atoms with E-state index in [9.17, 15) is 4.21 Å². The molecule has 0 saturated carbocycles. The SMILES string of the molecule is CN(Cc1ccc(S(C)=O)cc1)c1nc2ccccc2[nH]1. The summed E-state index contributed by atoms with van der Waals surface area (Å²) in [6.07, 6.45) is 1.69. The molecule has 108 valence electrons. The average molecular weight is 299 g/mol. The van der Waals surface area contributed by atoms with Crippen LogP contribution in [0.4, 0.5) is 5.95 Å². The number of rotatable bonds is 4. The van der Waals surface area contributed by atoms with Crippen molar-refractivity contribution in [2.45, 2.75) is 11.4 Å². The van der Waals surface area contributed by atoms with Crippen LogP contribution in [0.3, 0.4) is 0 Å². The van der Waals surface area contributed by atoms with Crippen LogP contribution in [0.25, 0.3) is 11.0 Å². The maximum absolute atomic E-state index is 11.4. The highest BCUT2D eigenvalue weighted by Crippen LogP contribution is 2.18. The number of anilines is 1. The van der Waals surface area contributed by atoms with Crippen LogP contribution in [0.1, 0.15) is 5.56 Å². The first-order chi connectivity index (χ1) is 10.1. The van der Waals surface area contributed by atoms with Gasteiger partial charge in [0.1, 0.15) is 0 Å². The van der Waals surface area contributed by atoms with E-state index in [1.807, 2.05) is 55.6 Å². The average Bonchev–Trinajstić information content (AvgIpc) is 2.92. The molecule has 0 fully saturated rings. The minimum absolute atomic E-state index is 0.746. The van der Waals surface area contributed by atoms with Crippen molar-refractivity contribution in [2.24, 2.45) is 0 Å². The van der Waals surface area contributed by atoms with E-state index >= 15 is 0 Å². The molecule has 3 rings (SSSR count). The van der Waals surface area contributed by atoms with Crippen molar-refractivity contribution in [2.75, 3.05) is 18.2 Å². The monoisotopic (exact) mass is 299 g/mol. The van der Waals surface area contributed by atoms with Crippen LogP contribution >= 0.6 is 0 Å². The maximum Gasteiger partial charge on any atom is 0.203 e. The van der Waals surface area contributed by atoms with Gasteiger partial charge in [0.15, 0.2) is 0 Å². The summed E-state index contributed by atoms with van der Waals surface area (Å²) in [5.41, 5.74) is 3.17. The lowest BCUT2D eigenvalue weighted by atomic mass is 10.2. The summed E-state index contributed by atoms with van der Waals surface area (Å²) in [5, 5.41) is 0. The van der Waals surface area contributed by atoms with Gasteiger partial charge in [-0.25, -0.2) is 4.98 Å². The van der Waals surface area contributed by atoms with E-state index in [1.54, 1.807) is 6.26 Å². The Morgan fingerprint density at radius 3 is 2.52 bits per heavy atom. The Hall–Kier alpha value is -2.14. The van der Waals surface area contributed by atoms with Gasteiger partial charge >= 0.3 is 0 Å². The number of hydrogen-bond donors (Lipinski definition) is 1. The van der Waals surface area contributed by atoms with Crippen molar-refractivity contribution in [1.29, 1.82) is 0 Å². The Kier molecular flexibility index (Phi) is 3.75. The summed E-state index contributed by atoms with van der Waals surface area (Å²) in [6.45, 7) is 0.746. The van der Waals surface area contributed by atoms with Crippen LogP contribution in [-0.2, 0) is 17.3 Å². The minimum Gasteiger partial charge on any atom is -0.341 e. The molecular weight excluding hydrogens is 282 g/mol. The lowest BCUT2D eigenvalue weighted by molar-refractivity contribution is 0.686. The molecule has 21 heavy (non-hydrogen) atoms. The Morgan fingerprint density at radius 2 is 1.86 bits per heavy atom. The van der Waals surface area contributed by atoms with Gasteiger partial charge in [0.25, 0.3) is 0 Å². The highest BCUT2D eigenvalue weighted by Gasteiger charge is 2.08. The van der Waals surface area contributed by atoms with Gasteiger partial charge in [-0.1, -0.05) is 24.3 Å². The third kappa shape index (κ3) is 2.97. The van der Waals surface area contributed by atoms with E-state index in [0.29, 0.717) is 0 Å². The van der Waals surface area contributed by atoms with E-state index < -0.39 is 10.8 Å². The maximum atomic E-state index is 11.4. The summed E-state index contributed by atoms with van der Waals surface area (Å²) in [6, 6.07) is 15.8. The van der Waals surface area contributed by atoms with Gasteiger partial charge in [0, 0.05) is 35.5 Å². The van der Waals surface area contributed by atoms with Crippen molar-refractivity contribution in [3.8, 4) is 0 Å². The summed E-state index contributed by atoms with van der Waals surface area (Å²) in [4.78, 5) is 10.8. The van der Waals surface area contributed by atoms with Gasteiger partial charge in [-0.3, -0.25) is 4.21 Å². The zero-order chi connectivity index (χ0) is 14.8.